The molecule has 10 nitrogen and oxygen atoms in total. The molecular weight excluding hydrogens is 420 g/mol. The number of nitrogens with one attached hydrogen (secondary N) is 1. The van der Waals surface area contributed by atoms with E-state index in [4.69, 9.17) is 16.3 Å². The second kappa shape index (κ2) is 8.56. The molecule has 0 spiro atoms. The molecule has 0 bridgehead atoms. The van der Waals surface area contributed by atoms with Gasteiger partial charge in [-0.25, -0.2) is 0 Å². The molecule has 2 aliphatic rings. The van der Waals surface area contributed by atoms with Crippen LogP contribution < -0.4 is 10.2 Å². The first-order valence-electron chi connectivity index (χ1n) is 9.17. The lowest BCUT2D eigenvalue weighted by atomic mass is 10.2. The van der Waals surface area contributed by atoms with Gasteiger partial charge in [0.2, 0.25) is 11.9 Å². The molecule has 2 heterocycles. The van der Waals surface area contributed by atoms with Crippen molar-refractivity contribution in [3.05, 3.63) is 33.3 Å². The summed E-state index contributed by atoms with van der Waals surface area (Å²) in [5.41, 5.74) is -0.130. The third-order valence-corrected chi connectivity index (χ3v) is 5.79. The number of nitro benzene ring substituents is 1. The Morgan fingerprint density at radius 3 is 2.79 bits per heavy atom. The highest BCUT2D eigenvalue weighted by atomic mass is 35.5. The average Bonchev–Trinajstić information content (AvgIpc) is 3.47. The first-order valence-corrected chi connectivity index (χ1v) is 10.5. The van der Waals surface area contributed by atoms with E-state index in [2.05, 4.69) is 25.0 Å². The zero-order chi connectivity index (χ0) is 20.4. The van der Waals surface area contributed by atoms with Crippen LogP contribution in [0.3, 0.4) is 0 Å². The van der Waals surface area contributed by atoms with Gasteiger partial charge in [0.25, 0.3) is 5.69 Å². The Balaban J connectivity index is 1.44. The van der Waals surface area contributed by atoms with Crippen molar-refractivity contribution in [2.45, 2.75) is 24.0 Å². The third kappa shape index (κ3) is 4.62. The number of amides is 1. The largest absolute Gasteiger partial charge is 0.378 e. The van der Waals surface area contributed by atoms with Crippen LogP contribution in [0.1, 0.15) is 18.9 Å². The van der Waals surface area contributed by atoms with Crippen molar-refractivity contribution in [1.82, 2.24) is 14.8 Å². The van der Waals surface area contributed by atoms with Gasteiger partial charge >= 0.3 is 0 Å². The van der Waals surface area contributed by atoms with Crippen LogP contribution in [-0.2, 0) is 9.53 Å². The molecule has 2 aromatic rings. The summed E-state index contributed by atoms with van der Waals surface area (Å²) >= 11 is 7.08. The number of morpholine rings is 1. The lowest BCUT2D eigenvalue weighted by Gasteiger charge is -2.27. The maximum absolute atomic E-state index is 12.4. The van der Waals surface area contributed by atoms with Crippen LogP contribution in [0.4, 0.5) is 17.3 Å². The first-order chi connectivity index (χ1) is 14.0. The van der Waals surface area contributed by atoms with Crippen LogP contribution in [0, 0.1) is 10.1 Å². The molecule has 0 unspecified atom stereocenters. The van der Waals surface area contributed by atoms with Crippen molar-refractivity contribution in [3.8, 4) is 0 Å². The van der Waals surface area contributed by atoms with Gasteiger partial charge in [-0.1, -0.05) is 23.4 Å². The molecular formula is C17H19ClN6O4S. The van der Waals surface area contributed by atoms with Gasteiger partial charge in [-0.2, -0.15) is 0 Å². The molecule has 4 rings (SSSR count). The van der Waals surface area contributed by atoms with E-state index in [0.717, 1.165) is 31.9 Å². The number of anilines is 2. The summed E-state index contributed by atoms with van der Waals surface area (Å²) in [5.74, 6) is 0.513. The van der Waals surface area contributed by atoms with E-state index >= 15 is 0 Å². The van der Waals surface area contributed by atoms with E-state index in [9.17, 15) is 14.9 Å². The Labute approximate surface area is 175 Å². The molecule has 1 aromatic carbocycles. The fourth-order valence-electron chi connectivity index (χ4n) is 3.08. The zero-order valence-electron chi connectivity index (χ0n) is 15.4. The number of nitro groups is 1. The van der Waals surface area contributed by atoms with Crippen LogP contribution in [0.25, 0.3) is 0 Å². The molecule has 0 radical (unpaired) electrons. The molecule has 29 heavy (non-hydrogen) atoms. The molecule has 1 amide bonds. The number of benzene rings is 1. The van der Waals surface area contributed by atoms with Crippen molar-refractivity contribution in [2.75, 3.05) is 42.3 Å². The van der Waals surface area contributed by atoms with Gasteiger partial charge in [-0.15, -0.1) is 10.2 Å². The normalized spacial score (nSPS) is 16.7. The minimum atomic E-state index is -0.576. The Morgan fingerprint density at radius 1 is 1.34 bits per heavy atom. The van der Waals surface area contributed by atoms with Crippen molar-refractivity contribution < 1.29 is 14.5 Å². The molecule has 154 valence electrons. The van der Waals surface area contributed by atoms with Crippen LogP contribution >= 0.6 is 23.4 Å². The molecule has 1 aliphatic heterocycles. The standard InChI is InChI=1S/C17H19ClN6O4S/c18-11-1-4-13(14(9-11)24(26)27)19-15(25)10-29-17-21-20-16(23(17)12-2-3-12)22-5-7-28-8-6-22/h1,4,9,12H,2-3,5-8,10H2,(H,19,25). The number of rotatable bonds is 7. The van der Waals surface area contributed by atoms with Crippen molar-refractivity contribution in [2.24, 2.45) is 0 Å². The van der Waals surface area contributed by atoms with Crippen molar-refractivity contribution >= 4 is 46.6 Å². The molecule has 1 saturated carbocycles. The second-order valence-corrected chi connectivity index (χ2v) is 8.12. The fourth-order valence-corrected chi connectivity index (χ4v) is 4.04. The molecule has 1 N–H and O–H groups in total. The molecule has 2 fully saturated rings. The smallest absolute Gasteiger partial charge is 0.294 e. The number of thioether (sulfide) groups is 1. The van der Waals surface area contributed by atoms with Crippen molar-refractivity contribution in [3.63, 3.8) is 0 Å². The van der Waals surface area contributed by atoms with E-state index < -0.39 is 4.92 Å². The number of nitrogens with zero attached hydrogens (tertiary/aromatic N) is 5. The Kier molecular flexibility index (Phi) is 5.88. The number of carbonyl (C=O) groups excluding carboxylic acids is 1. The summed E-state index contributed by atoms with van der Waals surface area (Å²) in [5, 5.41) is 23.3. The van der Waals surface area contributed by atoms with Crippen molar-refractivity contribution in [1.29, 1.82) is 0 Å². The Hall–Kier alpha value is -2.37. The topological polar surface area (TPSA) is 115 Å². The lowest BCUT2D eigenvalue weighted by molar-refractivity contribution is -0.383. The molecule has 1 aromatic heterocycles. The van der Waals surface area contributed by atoms with Crippen LogP contribution in [0.2, 0.25) is 5.02 Å². The number of ether oxygens (including phenoxy) is 1. The van der Waals surface area contributed by atoms with E-state index in [1.807, 2.05) is 0 Å². The minimum absolute atomic E-state index is 0.0632. The van der Waals surface area contributed by atoms with Gasteiger partial charge < -0.3 is 15.0 Å². The predicted molar refractivity (Wildman–Crippen MR) is 109 cm³/mol. The first kappa shape index (κ1) is 19.9. The summed E-state index contributed by atoms with van der Waals surface area (Å²) < 4.78 is 7.49. The van der Waals surface area contributed by atoms with E-state index in [-0.39, 0.29) is 28.1 Å². The number of hydrogen-bond acceptors (Lipinski definition) is 8. The highest BCUT2D eigenvalue weighted by Crippen LogP contribution is 2.41. The summed E-state index contributed by atoms with van der Waals surface area (Å²) in [7, 11) is 0. The molecule has 12 heteroatoms. The van der Waals surface area contributed by atoms with Gasteiger partial charge in [-0.3, -0.25) is 19.5 Å². The van der Waals surface area contributed by atoms with Gasteiger partial charge in [0.1, 0.15) is 5.69 Å². The minimum Gasteiger partial charge on any atom is -0.378 e. The second-order valence-electron chi connectivity index (χ2n) is 6.74. The van der Waals surface area contributed by atoms with Crippen LogP contribution in [0.15, 0.2) is 23.4 Å². The summed E-state index contributed by atoms with van der Waals surface area (Å²) in [6, 6.07) is 4.48. The van der Waals surface area contributed by atoms with Gasteiger partial charge in [0.15, 0.2) is 5.16 Å². The lowest BCUT2D eigenvalue weighted by Crippen LogP contribution is -2.38. The number of aromatic nitrogens is 3. The quantitative estimate of drug-likeness (QED) is 0.398. The van der Waals surface area contributed by atoms with Gasteiger partial charge in [-0.05, 0) is 25.0 Å². The van der Waals surface area contributed by atoms with E-state index in [1.165, 1.54) is 30.0 Å². The monoisotopic (exact) mass is 438 g/mol. The number of hydrogen-bond donors (Lipinski definition) is 1. The summed E-state index contributed by atoms with van der Waals surface area (Å²) in [6.45, 7) is 2.83. The third-order valence-electron chi connectivity index (χ3n) is 4.62. The Morgan fingerprint density at radius 2 is 2.10 bits per heavy atom. The number of halogens is 1. The van der Waals surface area contributed by atoms with Gasteiger partial charge in [0, 0.05) is 30.2 Å². The fraction of sp³-hybridized carbons (Fsp3) is 0.471. The average molecular weight is 439 g/mol. The summed E-state index contributed by atoms with van der Waals surface area (Å²) in [6.07, 6.45) is 2.12. The SMILES string of the molecule is O=C(CSc1nnc(N2CCOCC2)n1C1CC1)Nc1ccc(Cl)cc1[N+](=O)[O-]. The van der Waals surface area contributed by atoms with Crippen LogP contribution in [0.5, 0.6) is 0 Å². The number of carbonyl (C=O) groups is 1. The molecule has 0 atom stereocenters. The van der Waals surface area contributed by atoms with E-state index in [0.29, 0.717) is 24.4 Å². The molecule has 1 saturated heterocycles. The summed E-state index contributed by atoms with van der Waals surface area (Å²) in [4.78, 5) is 25.1. The highest BCUT2D eigenvalue weighted by molar-refractivity contribution is 7.99. The predicted octanol–water partition coefficient (Wildman–Crippen LogP) is 2.74. The zero-order valence-corrected chi connectivity index (χ0v) is 17.0. The molecule has 1 aliphatic carbocycles. The Bertz CT molecular complexity index is 929. The van der Waals surface area contributed by atoms with E-state index in [1.54, 1.807) is 0 Å². The highest BCUT2D eigenvalue weighted by Gasteiger charge is 2.32. The maximum atomic E-state index is 12.4. The van der Waals surface area contributed by atoms with Gasteiger partial charge in [0.05, 0.1) is 23.9 Å². The van der Waals surface area contributed by atoms with Crippen LogP contribution in [-0.4, -0.2) is 57.7 Å². The maximum Gasteiger partial charge on any atom is 0.294 e.